The molecule has 1 unspecified atom stereocenters. The van der Waals surface area contributed by atoms with Crippen molar-refractivity contribution in [2.24, 2.45) is 0 Å². The normalized spacial score (nSPS) is 12.7. The zero-order valence-corrected chi connectivity index (χ0v) is 10.5. The number of aliphatic carboxylic acids is 1. The van der Waals surface area contributed by atoms with Crippen molar-refractivity contribution in [1.29, 1.82) is 0 Å². The minimum atomic E-state index is -0.791. The lowest BCUT2D eigenvalue weighted by Crippen LogP contribution is -2.22. The third-order valence-corrected chi connectivity index (χ3v) is 2.64. The summed E-state index contributed by atoms with van der Waals surface area (Å²) in [6, 6.07) is 7.75. The summed E-state index contributed by atoms with van der Waals surface area (Å²) in [6.07, 6.45) is 0.101. The molecule has 0 heterocycles. The van der Waals surface area contributed by atoms with Crippen molar-refractivity contribution in [3.05, 3.63) is 35.4 Å². The minimum absolute atomic E-state index is 0.101. The molecule has 0 aliphatic rings. The number of carboxylic acids is 1. The van der Waals surface area contributed by atoms with Crippen molar-refractivity contribution in [2.75, 3.05) is 21.2 Å². The molecular weight excluding hydrogens is 218 g/mol. The highest BCUT2D eigenvalue weighted by molar-refractivity contribution is 5.68. The molecule has 17 heavy (non-hydrogen) atoms. The van der Waals surface area contributed by atoms with Crippen molar-refractivity contribution in [1.82, 2.24) is 4.90 Å². The number of carboxylic acid groups (broad SMARTS) is 1. The maximum atomic E-state index is 10.8. The Hall–Kier alpha value is -1.39. The molecular formula is C13H19NO3. The van der Waals surface area contributed by atoms with Gasteiger partial charge in [-0.3, -0.25) is 4.79 Å². The Labute approximate surface area is 102 Å². The second-order valence-electron chi connectivity index (χ2n) is 4.26. The first kappa shape index (κ1) is 13.7. The molecule has 1 aromatic carbocycles. The van der Waals surface area contributed by atoms with Gasteiger partial charge in [-0.1, -0.05) is 24.3 Å². The average Bonchev–Trinajstić information content (AvgIpc) is 2.26. The Bertz CT molecular complexity index is 377. The van der Waals surface area contributed by atoms with E-state index in [9.17, 15) is 4.79 Å². The molecule has 0 aromatic heterocycles. The van der Waals surface area contributed by atoms with Crippen LogP contribution in [0.15, 0.2) is 24.3 Å². The van der Waals surface area contributed by atoms with Crippen LogP contribution < -0.4 is 0 Å². The van der Waals surface area contributed by atoms with E-state index in [-0.39, 0.29) is 12.5 Å². The zero-order chi connectivity index (χ0) is 12.8. The summed E-state index contributed by atoms with van der Waals surface area (Å²) in [5.41, 5.74) is 2.06. The van der Waals surface area contributed by atoms with Crippen LogP contribution in [0, 0.1) is 0 Å². The van der Waals surface area contributed by atoms with Gasteiger partial charge >= 0.3 is 5.97 Å². The summed E-state index contributed by atoms with van der Waals surface area (Å²) in [4.78, 5) is 12.8. The van der Waals surface area contributed by atoms with E-state index < -0.39 is 5.97 Å². The topological polar surface area (TPSA) is 49.8 Å². The largest absolute Gasteiger partial charge is 0.481 e. The van der Waals surface area contributed by atoms with Crippen LogP contribution in [-0.2, 0) is 16.1 Å². The molecule has 4 heteroatoms. The van der Waals surface area contributed by atoms with Crippen LogP contribution in [0.3, 0.4) is 0 Å². The van der Waals surface area contributed by atoms with E-state index in [1.807, 2.05) is 43.3 Å². The van der Waals surface area contributed by atoms with E-state index in [1.165, 1.54) is 0 Å². The highest BCUT2D eigenvalue weighted by Crippen LogP contribution is 2.23. The average molecular weight is 237 g/mol. The van der Waals surface area contributed by atoms with Crippen molar-refractivity contribution < 1.29 is 14.6 Å². The number of methoxy groups -OCH3 is 1. The molecule has 94 valence electrons. The van der Waals surface area contributed by atoms with Gasteiger partial charge in [-0.05, 0) is 25.2 Å². The highest BCUT2D eigenvalue weighted by Gasteiger charge is 2.17. The molecule has 0 saturated carbocycles. The summed E-state index contributed by atoms with van der Waals surface area (Å²) in [7, 11) is 5.42. The minimum Gasteiger partial charge on any atom is -0.481 e. The lowest BCUT2D eigenvalue weighted by molar-refractivity contribution is -0.138. The van der Waals surface area contributed by atoms with Gasteiger partial charge < -0.3 is 14.7 Å². The van der Waals surface area contributed by atoms with Gasteiger partial charge in [0.1, 0.15) is 0 Å². The first-order valence-electron chi connectivity index (χ1n) is 5.50. The van der Waals surface area contributed by atoms with E-state index in [0.717, 1.165) is 11.1 Å². The number of ether oxygens (including phenoxy) is 1. The van der Waals surface area contributed by atoms with Gasteiger partial charge in [0, 0.05) is 13.2 Å². The first-order chi connectivity index (χ1) is 8.04. The van der Waals surface area contributed by atoms with E-state index in [2.05, 4.69) is 0 Å². The van der Waals surface area contributed by atoms with E-state index in [0.29, 0.717) is 6.61 Å². The fraction of sp³-hybridized carbons (Fsp3) is 0.462. The molecule has 1 aromatic rings. The molecule has 0 aliphatic heterocycles. The number of carbonyl (C=O) groups is 1. The molecule has 0 radical (unpaired) electrons. The zero-order valence-electron chi connectivity index (χ0n) is 10.5. The molecule has 0 bridgehead atoms. The summed E-state index contributed by atoms with van der Waals surface area (Å²) < 4.78 is 5.07. The molecule has 0 amide bonds. The van der Waals surface area contributed by atoms with Crippen molar-refractivity contribution in [2.45, 2.75) is 19.1 Å². The van der Waals surface area contributed by atoms with E-state index >= 15 is 0 Å². The Morgan fingerprint density at radius 3 is 2.71 bits per heavy atom. The van der Waals surface area contributed by atoms with Crippen molar-refractivity contribution in [3.8, 4) is 0 Å². The molecule has 1 N–H and O–H groups in total. The second-order valence-corrected chi connectivity index (χ2v) is 4.26. The highest BCUT2D eigenvalue weighted by atomic mass is 16.5. The molecule has 4 nitrogen and oxygen atoms in total. The fourth-order valence-corrected chi connectivity index (χ4v) is 1.82. The number of benzene rings is 1. The number of nitrogens with zero attached hydrogens (tertiary/aromatic N) is 1. The standard InChI is InChI=1S/C13H19NO3/c1-14(2)12(8-13(15)16)11-6-4-5-10(7-11)9-17-3/h4-7,12H,8-9H2,1-3H3,(H,15,16). The van der Waals surface area contributed by atoms with Crippen LogP contribution in [0.5, 0.6) is 0 Å². The summed E-state index contributed by atoms with van der Waals surface area (Å²) in [5, 5.41) is 8.92. The summed E-state index contributed by atoms with van der Waals surface area (Å²) >= 11 is 0. The van der Waals surface area contributed by atoms with Gasteiger partial charge in [0.25, 0.3) is 0 Å². The van der Waals surface area contributed by atoms with E-state index in [4.69, 9.17) is 9.84 Å². The number of rotatable bonds is 6. The second kappa shape index (κ2) is 6.37. The van der Waals surface area contributed by atoms with Gasteiger partial charge in [-0.2, -0.15) is 0 Å². The smallest absolute Gasteiger partial charge is 0.305 e. The monoisotopic (exact) mass is 237 g/mol. The van der Waals surface area contributed by atoms with E-state index in [1.54, 1.807) is 7.11 Å². The Kier molecular flexibility index (Phi) is 5.12. The summed E-state index contributed by atoms with van der Waals surface area (Å²) in [6.45, 7) is 0.543. The van der Waals surface area contributed by atoms with Crippen LogP contribution in [-0.4, -0.2) is 37.2 Å². The molecule has 0 fully saturated rings. The lowest BCUT2D eigenvalue weighted by Gasteiger charge is -2.23. The Morgan fingerprint density at radius 2 is 2.18 bits per heavy atom. The Balaban J connectivity index is 2.93. The predicted molar refractivity (Wildman–Crippen MR) is 65.8 cm³/mol. The van der Waals surface area contributed by atoms with Crippen LogP contribution in [0.1, 0.15) is 23.6 Å². The number of hydrogen-bond acceptors (Lipinski definition) is 3. The summed E-state index contributed by atoms with van der Waals surface area (Å²) in [5.74, 6) is -0.791. The maximum Gasteiger partial charge on any atom is 0.305 e. The quantitative estimate of drug-likeness (QED) is 0.821. The predicted octanol–water partition coefficient (Wildman–Crippen LogP) is 1.91. The van der Waals surface area contributed by atoms with Crippen LogP contribution in [0.25, 0.3) is 0 Å². The van der Waals surface area contributed by atoms with Crippen molar-refractivity contribution >= 4 is 5.97 Å². The van der Waals surface area contributed by atoms with Gasteiger partial charge in [-0.15, -0.1) is 0 Å². The first-order valence-corrected chi connectivity index (χ1v) is 5.50. The van der Waals surface area contributed by atoms with Gasteiger partial charge in [0.05, 0.1) is 13.0 Å². The van der Waals surface area contributed by atoms with Crippen LogP contribution in [0.4, 0.5) is 0 Å². The van der Waals surface area contributed by atoms with Gasteiger partial charge in [0.15, 0.2) is 0 Å². The van der Waals surface area contributed by atoms with Crippen molar-refractivity contribution in [3.63, 3.8) is 0 Å². The molecule has 0 spiro atoms. The van der Waals surface area contributed by atoms with Gasteiger partial charge in [0.2, 0.25) is 0 Å². The molecule has 0 saturated heterocycles. The Morgan fingerprint density at radius 1 is 1.47 bits per heavy atom. The SMILES string of the molecule is COCc1cccc(C(CC(=O)O)N(C)C)c1. The fourth-order valence-electron chi connectivity index (χ4n) is 1.82. The number of hydrogen-bond donors (Lipinski definition) is 1. The van der Waals surface area contributed by atoms with Crippen LogP contribution in [0.2, 0.25) is 0 Å². The molecule has 1 atom stereocenters. The lowest BCUT2D eigenvalue weighted by atomic mass is 10.0. The maximum absolute atomic E-state index is 10.8. The van der Waals surface area contributed by atoms with Crippen LogP contribution >= 0.6 is 0 Å². The van der Waals surface area contributed by atoms with Gasteiger partial charge in [-0.25, -0.2) is 0 Å². The molecule has 0 aliphatic carbocycles. The third kappa shape index (κ3) is 4.17. The third-order valence-electron chi connectivity index (χ3n) is 2.64. The molecule has 1 rings (SSSR count).